The first-order valence-corrected chi connectivity index (χ1v) is 6.67. The Morgan fingerprint density at radius 2 is 2.24 bits per heavy atom. The molecule has 0 saturated carbocycles. The fourth-order valence-corrected chi connectivity index (χ4v) is 3.83. The first-order chi connectivity index (χ1) is 8.36. The number of hydrogen-bond acceptors (Lipinski definition) is 3. The number of nitrogens with one attached hydrogen (secondary N) is 1. The molecule has 1 saturated heterocycles. The summed E-state index contributed by atoms with van der Waals surface area (Å²) < 4.78 is 0. The molecule has 90 valence electrons. The molecule has 1 fully saturated rings. The van der Waals surface area contributed by atoms with Gasteiger partial charge in [0.2, 0.25) is 0 Å². The highest BCUT2D eigenvalue weighted by molar-refractivity contribution is 5.80. The Labute approximate surface area is 102 Å². The number of hydrogen-bond donors (Lipinski definition) is 1. The zero-order chi connectivity index (χ0) is 11.4. The number of rotatable bonds is 0. The molecule has 4 rings (SSSR count). The van der Waals surface area contributed by atoms with E-state index in [9.17, 15) is 0 Å². The van der Waals surface area contributed by atoms with Gasteiger partial charge in [-0.2, -0.15) is 0 Å². The summed E-state index contributed by atoms with van der Waals surface area (Å²) in [6, 6.07) is 7.59. The minimum atomic E-state index is 0.713. The molecule has 0 radical (unpaired) electrons. The van der Waals surface area contributed by atoms with Crippen LogP contribution in [-0.2, 0) is 0 Å². The molecule has 3 aliphatic rings. The molecule has 17 heavy (non-hydrogen) atoms. The summed E-state index contributed by atoms with van der Waals surface area (Å²) in [5.74, 6) is 0.713. The second kappa shape index (κ2) is 3.39. The Balaban J connectivity index is 1.89. The number of likely N-dealkylation sites (N-methyl/N-ethyl adjacent to an activating group) is 1. The topological polar surface area (TPSA) is 18.5 Å². The molecule has 0 aromatic heterocycles. The molecule has 1 aromatic rings. The average Bonchev–Trinajstić information content (AvgIpc) is 2.70. The molecule has 0 aliphatic carbocycles. The van der Waals surface area contributed by atoms with Gasteiger partial charge in [-0.15, -0.1) is 0 Å². The highest BCUT2D eigenvalue weighted by Gasteiger charge is 2.42. The first-order valence-electron chi connectivity index (χ1n) is 6.67. The molecule has 2 atom stereocenters. The molecule has 0 bridgehead atoms. The van der Waals surface area contributed by atoms with E-state index < -0.39 is 0 Å². The monoisotopic (exact) mass is 229 g/mol. The van der Waals surface area contributed by atoms with Crippen molar-refractivity contribution in [1.29, 1.82) is 0 Å². The summed E-state index contributed by atoms with van der Waals surface area (Å²) in [5.41, 5.74) is 4.54. The van der Waals surface area contributed by atoms with Gasteiger partial charge in [-0.05, 0) is 24.6 Å². The van der Waals surface area contributed by atoms with Crippen molar-refractivity contribution in [3.63, 3.8) is 0 Å². The lowest BCUT2D eigenvalue weighted by atomic mass is 9.90. The summed E-state index contributed by atoms with van der Waals surface area (Å²) >= 11 is 0. The average molecular weight is 229 g/mol. The second-order valence-electron chi connectivity index (χ2n) is 5.50. The summed E-state index contributed by atoms with van der Waals surface area (Å²) in [7, 11) is 2.22. The number of anilines is 2. The lowest BCUT2D eigenvalue weighted by Gasteiger charge is -2.39. The summed E-state index contributed by atoms with van der Waals surface area (Å²) in [6.07, 6.45) is 1.29. The van der Waals surface area contributed by atoms with E-state index in [0.29, 0.717) is 5.92 Å². The Hall–Kier alpha value is -1.22. The van der Waals surface area contributed by atoms with Crippen molar-refractivity contribution >= 4 is 11.4 Å². The quantitative estimate of drug-likeness (QED) is 0.725. The van der Waals surface area contributed by atoms with Crippen LogP contribution in [-0.4, -0.2) is 39.3 Å². The molecule has 3 aliphatic heterocycles. The molecule has 0 amide bonds. The van der Waals surface area contributed by atoms with Gasteiger partial charge >= 0.3 is 0 Å². The van der Waals surface area contributed by atoms with Crippen LogP contribution in [0, 0.1) is 0 Å². The van der Waals surface area contributed by atoms with Gasteiger partial charge in [0.25, 0.3) is 0 Å². The van der Waals surface area contributed by atoms with Gasteiger partial charge in [0.05, 0.1) is 11.4 Å². The molecular formula is C14H19N3. The maximum absolute atomic E-state index is 3.55. The van der Waals surface area contributed by atoms with Crippen LogP contribution < -0.4 is 15.1 Å². The molecule has 0 spiro atoms. The molecular weight excluding hydrogens is 210 g/mol. The third-order valence-electron chi connectivity index (χ3n) is 4.67. The smallest absolute Gasteiger partial charge is 0.0644 e. The number of para-hydroxylation sites is 1. The van der Waals surface area contributed by atoms with Crippen molar-refractivity contribution in [3.8, 4) is 0 Å². The van der Waals surface area contributed by atoms with E-state index in [4.69, 9.17) is 0 Å². The van der Waals surface area contributed by atoms with E-state index >= 15 is 0 Å². The van der Waals surface area contributed by atoms with Crippen molar-refractivity contribution < 1.29 is 0 Å². The predicted octanol–water partition coefficient (Wildman–Crippen LogP) is 1.40. The van der Waals surface area contributed by atoms with Gasteiger partial charge in [0.1, 0.15) is 0 Å². The summed E-state index contributed by atoms with van der Waals surface area (Å²) in [4.78, 5) is 5.08. The van der Waals surface area contributed by atoms with Crippen molar-refractivity contribution in [1.82, 2.24) is 5.32 Å². The normalized spacial score (nSPS) is 30.2. The van der Waals surface area contributed by atoms with Gasteiger partial charge < -0.3 is 15.1 Å². The largest absolute Gasteiger partial charge is 0.371 e. The van der Waals surface area contributed by atoms with Crippen LogP contribution in [0.3, 0.4) is 0 Å². The fourth-order valence-electron chi connectivity index (χ4n) is 3.83. The predicted molar refractivity (Wildman–Crippen MR) is 71.1 cm³/mol. The van der Waals surface area contributed by atoms with Crippen LogP contribution in [0.25, 0.3) is 0 Å². The molecule has 3 nitrogen and oxygen atoms in total. The van der Waals surface area contributed by atoms with Crippen LogP contribution >= 0.6 is 0 Å². The molecule has 3 heteroatoms. The van der Waals surface area contributed by atoms with E-state index in [1.807, 2.05) is 0 Å². The Bertz CT molecular complexity index is 457. The lowest BCUT2D eigenvalue weighted by molar-refractivity contribution is 0.402. The van der Waals surface area contributed by atoms with E-state index in [0.717, 1.165) is 19.1 Å². The second-order valence-corrected chi connectivity index (χ2v) is 5.50. The van der Waals surface area contributed by atoms with Crippen molar-refractivity contribution in [2.75, 3.05) is 43.0 Å². The first kappa shape index (κ1) is 9.77. The van der Waals surface area contributed by atoms with E-state index in [-0.39, 0.29) is 0 Å². The van der Waals surface area contributed by atoms with Crippen LogP contribution in [0.15, 0.2) is 18.2 Å². The number of fused-ring (bicyclic) bond motifs is 3. The van der Waals surface area contributed by atoms with Gasteiger partial charge in [-0.1, -0.05) is 12.1 Å². The molecule has 1 N–H and O–H groups in total. The Morgan fingerprint density at radius 1 is 1.29 bits per heavy atom. The number of benzene rings is 1. The Kier molecular flexibility index (Phi) is 1.95. The fraction of sp³-hybridized carbons (Fsp3) is 0.571. The van der Waals surface area contributed by atoms with E-state index in [1.165, 1.54) is 30.9 Å². The molecule has 1 aromatic carbocycles. The Morgan fingerprint density at radius 3 is 3.18 bits per heavy atom. The van der Waals surface area contributed by atoms with Gasteiger partial charge in [-0.25, -0.2) is 0 Å². The van der Waals surface area contributed by atoms with Crippen molar-refractivity contribution in [2.24, 2.45) is 0 Å². The molecule has 3 heterocycles. The van der Waals surface area contributed by atoms with Gasteiger partial charge in [0.15, 0.2) is 0 Å². The minimum absolute atomic E-state index is 0.713. The van der Waals surface area contributed by atoms with Crippen LogP contribution in [0.2, 0.25) is 0 Å². The van der Waals surface area contributed by atoms with Crippen LogP contribution in [0.4, 0.5) is 11.4 Å². The van der Waals surface area contributed by atoms with Crippen LogP contribution in [0.1, 0.15) is 17.9 Å². The SMILES string of the molecule is CN1CCN2c3c(cccc31)[C@H]1CNCC[C@@H]12. The number of nitrogens with zero attached hydrogens (tertiary/aromatic N) is 2. The molecule has 0 unspecified atom stereocenters. The maximum atomic E-state index is 3.55. The lowest BCUT2D eigenvalue weighted by Crippen LogP contribution is -2.48. The third-order valence-corrected chi connectivity index (χ3v) is 4.67. The third kappa shape index (κ3) is 1.20. The summed E-state index contributed by atoms with van der Waals surface area (Å²) in [5, 5.41) is 3.55. The van der Waals surface area contributed by atoms with Crippen molar-refractivity contribution in [2.45, 2.75) is 18.4 Å². The van der Waals surface area contributed by atoms with Crippen LogP contribution in [0.5, 0.6) is 0 Å². The zero-order valence-electron chi connectivity index (χ0n) is 10.3. The van der Waals surface area contributed by atoms with Crippen molar-refractivity contribution in [3.05, 3.63) is 23.8 Å². The summed E-state index contributed by atoms with van der Waals surface area (Å²) in [6.45, 7) is 4.69. The zero-order valence-corrected chi connectivity index (χ0v) is 10.3. The van der Waals surface area contributed by atoms with E-state index in [2.05, 4.69) is 40.4 Å². The van der Waals surface area contributed by atoms with E-state index in [1.54, 1.807) is 5.56 Å². The highest BCUT2D eigenvalue weighted by atomic mass is 15.3. The van der Waals surface area contributed by atoms with Gasteiger partial charge in [-0.3, -0.25) is 0 Å². The van der Waals surface area contributed by atoms with Gasteiger partial charge in [0, 0.05) is 38.6 Å². The number of piperidine rings is 1. The maximum Gasteiger partial charge on any atom is 0.0644 e. The standard InChI is InChI=1S/C14H19N3/c1-16-7-8-17-12-5-6-15-9-11(12)10-3-2-4-13(16)14(10)17/h2-4,11-12,15H,5-9H2,1H3/t11-,12+/m1/s1. The highest BCUT2D eigenvalue weighted by Crippen LogP contribution is 2.49. The minimum Gasteiger partial charge on any atom is -0.371 e.